The van der Waals surface area contributed by atoms with Crippen LogP contribution in [0.5, 0.6) is 0 Å². The zero-order valence-corrected chi connectivity index (χ0v) is 12.3. The van der Waals surface area contributed by atoms with Gasteiger partial charge in [0.1, 0.15) is 6.07 Å². The zero-order chi connectivity index (χ0) is 13.0. The topological polar surface area (TPSA) is 30.3 Å². The van der Waals surface area contributed by atoms with Crippen LogP contribution in [0.2, 0.25) is 0 Å². The second-order valence-corrected chi connectivity index (χ2v) is 5.66. The number of hydrogen-bond donors (Lipinski definition) is 0. The van der Waals surface area contributed by atoms with Crippen LogP contribution in [0.4, 0.5) is 5.69 Å². The number of hydrogen-bond acceptors (Lipinski definition) is 3. The monoisotopic (exact) mass is 307 g/mol. The maximum absolute atomic E-state index is 9.14. The Bertz CT molecular complexity index is 447. The van der Waals surface area contributed by atoms with Crippen LogP contribution in [0.25, 0.3) is 0 Å². The van der Waals surface area contributed by atoms with Crippen LogP contribution in [-0.2, 0) is 0 Å². The Labute approximate surface area is 117 Å². The van der Waals surface area contributed by atoms with E-state index in [1.807, 2.05) is 18.2 Å². The normalized spacial score (nSPS) is 15.6. The molecule has 0 unspecified atom stereocenters. The molecule has 1 aromatic carbocycles. The van der Waals surface area contributed by atoms with Gasteiger partial charge in [0.15, 0.2) is 0 Å². The molecule has 1 saturated heterocycles. The van der Waals surface area contributed by atoms with Crippen molar-refractivity contribution in [3.63, 3.8) is 0 Å². The molecule has 0 bridgehead atoms. The molecule has 0 radical (unpaired) electrons. The van der Waals surface area contributed by atoms with Crippen LogP contribution in [0.15, 0.2) is 22.7 Å². The maximum Gasteiger partial charge on any atom is 0.101 e. The number of benzene rings is 1. The molecule has 1 fully saturated rings. The van der Waals surface area contributed by atoms with E-state index in [1.165, 1.54) is 25.9 Å². The van der Waals surface area contributed by atoms with Crippen LogP contribution >= 0.6 is 15.9 Å². The van der Waals surface area contributed by atoms with E-state index in [0.29, 0.717) is 0 Å². The third-order valence-electron chi connectivity index (χ3n) is 3.44. The molecule has 0 spiro atoms. The fourth-order valence-electron chi connectivity index (χ4n) is 2.33. The van der Waals surface area contributed by atoms with Crippen molar-refractivity contribution in [1.29, 1.82) is 5.26 Å². The van der Waals surface area contributed by atoms with Gasteiger partial charge in [-0.05, 0) is 44.1 Å². The van der Waals surface area contributed by atoms with Gasteiger partial charge in [-0.15, -0.1) is 0 Å². The van der Waals surface area contributed by atoms with E-state index < -0.39 is 0 Å². The summed E-state index contributed by atoms with van der Waals surface area (Å²) in [4.78, 5) is 4.65. The molecule has 1 heterocycles. The van der Waals surface area contributed by atoms with Crippen molar-refractivity contribution in [3.8, 4) is 6.07 Å². The molecule has 0 amide bonds. The second kappa shape index (κ2) is 6.21. The second-order valence-electron chi connectivity index (χ2n) is 4.74. The van der Waals surface area contributed by atoms with Crippen LogP contribution in [0.1, 0.15) is 18.4 Å². The average Bonchev–Trinajstić information content (AvgIpc) is 2.89. The molecule has 18 heavy (non-hydrogen) atoms. The third-order valence-corrected chi connectivity index (χ3v) is 3.94. The minimum absolute atomic E-state index is 0.738. The van der Waals surface area contributed by atoms with Gasteiger partial charge in [-0.2, -0.15) is 5.26 Å². The van der Waals surface area contributed by atoms with Crippen molar-refractivity contribution >= 4 is 21.6 Å². The lowest BCUT2D eigenvalue weighted by Crippen LogP contribution is -2.31. The lowest BCUT2D eigenvalue weighted by Gasteiger charge is -2.24. The van der Waals surface area contributed by atoms with E-state index in [9.17, 15) is 0 Å². The first-order chi connectivity index (χ1) is 8.70. The first-order valence-electron chi connectivity index (χ1n) is 6.34. The largest absolute Gasteiger partial charge is 0.372 e. The molecular weight excluding hydrogens is 290 g/mol. The molecule has 0 aromatic heterocycles. The van der Waals surface area contributed by atoms with Gasteiger partial charge in [-0.3, -0.25) is 0 Å². The predicted octanol–water partition coefficient (Wildman–Crippen LogP) is 2.85. The number of likely N-dealkylation sites (tertiary alicyclic amines) is 1. The van der Waals surface area contributed by atoms with Crippen molar-refractivity contribution in [2.24, 2.45) is 0 Å². The summed E-state index contributed by atoms with van der Waals surface area (Å²) in [6.45, 7) is 4.48. The molecule has 1 aliphatic rings. The zero-order valence-electron chi connectivity index (χ0n) is 10.7. The van der Waals surface area contributed by atoms with Gasteiger partial charge in [0.2, 0.25) is 0 Å². The molecule has 2 rings (SSSR count). The summed E-state index contributed by atoms with van der Waals surface area (Å²) in [5.41, 5.74) is 1.74. The van der Waals surface area contributed by atoms with Crippen molar-refractivity contribution in [2.45, 2.75) is 12.8 Å². The van der Waals surface area contributed by atoms with Gasteiger partial charge in [-0.1, -0.05) is 15.9 Å². The number of anilines is 1. The number of nitriles is 1. The van der Waals surface area contributed by atoms with Gasteiger partial charge in [0.25, 0.3) is 0 Å². The Morgan fingerprint density at radius 3 is 2.78 bits per heavy atom. The first-order valence-corrected chi connectivity index (χ1v) is 7.13. The highest BCUT2D eigenvalue weighted by atomic mass is 79.9. The minimum atomic E-state index is 0.738. The standard InChI is InChI=1S/C14H18BrN3/c1-17(8-9-18-6-2-3-7-18)14-10-13(15)5-4-12(14)11-16/h4-5,10H,2-3,6-9H2,1H3. The van der Waals surface area contributed by atoms with E-state index in [1.54, 1.807) is 0 Å². The van der Waals surface area contributed by atoms with Crippen molar-refractivity contribution in [1.82, 2.24) is 4.90 Å². The minimum Gasteiger partial charge on any atom is -0.372 e. The third kappa shape index (κ3) is 3.24. The van der Waals surface area contributed by atoms with Gasteiger partial charge in [-0.25, -0.2) is 0 Å². The predicted molar refractivity (Wildman–Crippen MR) is 77.8 cm³/mol. The summed E-state index contributed by atoms with van der Waals surface area (Å²) in [5.74, 6) is 0. The molecule has 0 aliphatic carbocycles. The summed E-state index contributed by atoms with van der Waals surface area (Å²) in [7, 11) is 2.05. The Hall–Kier alpha value is -1.05. The molecule has 1 aromatic rings. The van der Waals surface area contributed by atoms with Crippen molar-refractivity contribution < 1.29 is 0 Å². The van der Waals surface area contributed by atoms with E-state index in [2.05, 4.69) is 38.8 Å². The first kappa shape index (κ1) is 13.4. The quantitative estimate of drug-likeness (QED) is 0.857. The molecule has 0 atom stereocenters. The van der Waals surface area contributed by atoms with Crippen LogP contribution in [0.3, 0.4) is 0 Å². The van der Waals surface area contributed by atoms with Crippen molar-refractivity contribution in [3.05, 3.63) is 28.2 Å². The molecular formula is C14H18BrN3. The highest BCUT2D eigenvalue weighted by Gasteiger charge is 2.13. The average molecular weight is 308 g/mol. The summed E-state index contributed by atoms with van der Waals surface area (Å²) >= 11 is 3.46. The smallest absolute Gasteiger partial charge is 0.101 e. The summed E-state index contributed by atoms with van der Waals surface area (Å²) in [6.07, 6.45) is 2.65. The van der Waals surface area contributed by atoms with Gasteiger partial charge in [0, 0.05) is 24.6 Å². The SMILES string of the molecule is CN(CCN1CCCC1)c1cc(Br)ccc1C#N. The molecule has 4 heteroatoms. The molecule has 96 valence electrons. The Morgan fingerprint density at radius 1 is 1.39 bits per heavy atom. The number of rotatable bonds is 4. The van der Waals surface area contributed by atoms with E-state index >= 15 is 0 Å². The highest BCUT2D eigenvalue weighted by molar-refractivity contribution is 9.10. The summed E-state index contributed by atoms with van der Waals surface area (Å²) < 4.78 is 1.02. The Kier molecular flexibility index (Phi) is 4.62. The van der Waals surface area contributed by atoms with E-state index in [4.69, 9.17) is 5.26 Å². The lowest BCUT2D eigenvalue weighted by molar-refractivity contribution is 0.346. The van der Waals surface area contributed by atoms with E-state index in [0.717, 1.165) is 28.8 Å². The number of likely N-dealkylation sites (N-methyl/N-ethyl adjacent to an activating group) is 1. The van der Waals surface area contributed by atoms with Gasteiger partial charge >= 0.3 is 0 Å². The van der Waals surface area contributed by atoms with Gasteiger partial charge < -0.3 is 9.80 Å². The number of halogens is 1. The Morgan fingerprint density at radius 2 is 2.11 bits per heavy atom. The van der Waals surface area contributed by atoms with Crippen LogP contribution in [-0.4, -0.2) is 38.1 Å². The molecule has 1 aliphatic heterocycles. The maximum atomic E-state index is 9.14. The van der Waals surface area contributed by atoms with Gasteiger partial charge in [0.05, 0.1) is 11.3 Å². The fraction of sp³-hybridized carbons (Fsp3) is 0.500. The van der Waals surface area contributed by atoms with Crippen molar-refractivity contribution in [2.75, 3.05) is 38.1 Å². The van der Waals surface area contributed by atoms with Crippen LogP contribution in [0, 0.1) is 11.3 Å². The molecule has 3 nitrogen and oxygen atoms in total. The summed E-state index contributed by atoms with van der Waals surface area (Å²) in [6, 6.07) is 8.05. The molecule has 0 saturated carbocycles. The molecule has 0 N–H and O–H groups in total. The lowest BCUT2D eigenvalue weighted by atomic mass is 10.2. The fourth-order valence-corrected chi connectivity index (χ4v) is 2.68. The van der Waals surface area contributed by atoms with Crippen LogP contribution < -0.4 is 4.90 Å². The highest BCUT2D eigenvalue weighted by Crippen LogP contribution is 2.23. The number of nitrogens with zero attached hydrogens (tertiary/aromatic N) is 3. The van der Waals surface area contributed by atoms with E-state index in [-0.39, 0.29) is 0 Å². The summed E-state index contributed by atoms with van der Waals surface area (Å²) in [5, 5.41) is 9.14. The Balaban J connectivity index is 2.01.